The zero-order valence-electron chi connectivity index (χ0n) is 15.7. The van der Waals surface area contributed by atoms with Crippen LogP contribution in [-0.2, 0) is 0 Å². The smallest absolute Gasteiger partial charge is 0.270 e. The van der Waals surface area contributed by atoms with E-state index in [-0.39, 0.29) is 23.6 Å². The van der Waals surface area contributed by atoms with Crippen molar-refractivity contribution in [3.63, 3.8) is 0 Å². The molecule has 0 spiro atoms. The summed E-state index contributed by atoms with van der Waals surface area (Å²) < 4.78 is 5.10. The first-order chi connectivity index (χ1) is 13.6. The van der Waals surface area contributed by atoms with E-state index in [1.807, 2.05) is 37.3 Å². The van der Waals surface area contributed by atoms with E-state index in [1.54, 1.807) is 37.4 Å². The quantitative estimate of drug-likeness (QED) is 0.686. The highest BCUT2D eigenvalue weighted by Gasteiger charge is 2.15. The van der Waals surface area contributed by atoms with Crippen molar-refractivity contribution in [1.82, 2.24) is 10.3 Å². The summed E-state index contributed by atoms with van der Waals surface area (Å²) >= 11 is 0. The zero-order valence-corrected chi connectivity index (χ0v) is 15.7. The Kier molecular flexibility index (Phi) is 6.01. The summed E-state index contributed by atoms with van der Waals surface area (Å²) in [5.74, 6) is 0.0431. The molecule has 1 unspecified atom stereocenters. The molecule has 0 saturated carbocycles. The number of ether oxygens (including phenoxy) is 1. The average Bonchev–Trinajstić information content (AvgIpc) is 2.75. The molecule has 6 heteroatoms. The monoisotopic (exact) mass is 375 g/mol. The number of rotatable bonds is 6. The minimum absolute atomic E-state index is 0.174. The predicted octanol–water partition coefficient (Wildman–Crippen LogP) is 3.83. The van der Waals surface area contributed by atoms with E-state index in [1.165, 1.54) is 12.3 Å². The Hall–Kier alpha value is -3.67. The van der Waals surface area contributed by atoms with Crippen LogP contribution < -0.4 is 15.4 Å². The largest absolute Gasteiger partial charge is 0.497 e. The van der Waals surface area contributed by atoms with Crippen molar-refractivity contribution in [2.75, 3.05) is 12.4 Å². The van der Waals surface area contributed by atoms with Crippen LogP contribution in [0.4, 0.5) is 5.69 Å². The van der Waals surface area contributed by atoms with Crippen LogP contribution in [0.3, 0.4) is 0 Å². The Morgan fingerprint density at radius 3 is 2.36 bits per heavy atom. The molecular weight excluding hydrogens is 354 g/mol. The molecule has 3 aromatic rings. The van der Waals surface area contributed by atoms with E-state index in [4.69, 9.17) is 4.74 Å². The minimum Gasteiger partial charge on any atom is -0.497 e. The molecule has 1 aromatic heterocycles. The van der Waals surface area contributed by atoms with Crippen molar-refractivity contribution in [3.05, 3.63) is 89.7 Å². The summed E-state index contributed by atoms with van der Waals surface area (Å²) in [6.45, 7) is 1.90. The van der Waals surface area contributed by atoms with Gasteiger partial charge in [0.25, 0.3) is 11.8 Å². The first-order valence-corrected chi connectivity index (χ1v) is 8.84. The van der Waals surface area contributed by atoms with Gasteiger partial charge in [0.2, 0.25) is 0 Å². The van der Waals surface area contributed by atoms with Crippen LogP contribution in [0.25, 0.3) is 0 Å². The topological polar surface area (TPSA) is 80.3 Å². The van der Waals surface area contributed by atoms with Gasteiger partial charge in [0.15, 0.2) is 0 Å². The third-order valence-corrected chi connectivity index (χ3v) is 4.25. The maximum Gasteiger partial charge on any atom is 0.270 e. The summed E-state index contributed by atoms with van der Waals surface area (Å²) in [4.78, 5) is 29.1. The van der Waals surface area contributed by atoms with Crippen LogP contribution in [0.15, 0.2) is 72.9 Å². The average molecular weight is 375 g/mol. The molecule has 2 aromatic carbocycles. The standard InChI is InChI=1S/C22H21N3O3/c1-15(16-6-4-3-5-7-16)24-22(27)20-14-17(12-13-23-20)21(26)25-18-8-10-19(28-2)11-9-18/h3-15H,1-2H3,(H,24,27)(H,25,26). The number of methoxy groups -OCH3 is 1. The lowest BCUT2D eigenvalue weighted by Gasteiger charge is -2.14. The number of benzene rings is 2. The van der Waals surface area contributed by atoms with Crippen LogP contribution in [-0.4, -0.2) is 23.9 Å². The van der Waals surface area contributed by atoms with Gasteiger partial charge in [-0.3, -0.25) is 14.6 Å². The molecule has 28 heavy (non-hydrogen) atoms. The van der Waals surface area contributed by atoms with Crippen molar-refractivity contribution in [2.45, 2.75) is 13.0 Å². The van der Waals surface area contributed by atoms with Gasteiger partial charge in [-0.1, -0.05) is 30.3 Å². The zero-order chi connectivity index (χ0) is 19.9. The van der Waals surface area contributed by atoms with Crippen molar-refractivity contribution in [3.8, 4) is 5.75 Å². The first kappa shape index (κ1) is 19.1. The fourth-order valence-corrected chi connectivity index (χ4v) is 2.67. The maximum atomic E-state index is 12.5. The lowest BCUT2D eigenvalue weighted by atomic mass is 10.1. The molecular formula is C22H21N3O3. The number of amides is 2. The van der Waals surface area contributed by atoms with E-state index in [9.17, 15) is 9.59 Å². The fourth-order valence-electron chi connectivity index (χ4n) is 2.67. The van der Waals surface area contributed by atoms with Crippen molar-refractivity contribution in [1.29, 1.82) is 0 Å². The number of carbonyl (C=O) groups excluding carboxylic acids is 2. The Balaban J connectivity index is 1.68. The van der Waals surface area contributed by atoms with E-state index in [0.717, 1.165) is 5.56 Å². The number of nitrogens with zero attached hydrogens (tertiary/aromatic N) is 1. The molecule has 0 aliphatic heterocycles. The summed E-state index contributed by atoms with van der Waals surface area (Å²) in [7, 11) is 1.58. The van der Waals surface area contributed by atoms with Crippen molar-refractivity contribution >= 4 is 17.5 Å². The van der Waals surface area contributed by atoms with Gasteiger partial charge in [-0.15, -0.1) is 0 Å². The number of pyridine rings is 1. The van der Waals surface area contributed by atoms with Crippen LogP contribution in [0.2, 0.25) is 0 Å². The lowest BCUT2D eigenvalue weighted by molar-refractivity contribution is 0.0935. The van der Waals surface area contributed by atoms with Gasteiger partial charge in [-0.2, -0.15) is 0 Å². The van der Waals surface area contributed by atoms with Gasteiger partial charge in [0.1, 0.15) is 11.4 Å². The Bertz CT molecular complexity index is 956. The third-order valence-electron chi connectivity index (χ3n) is 4.25. The second-order valence-electron chi connectivity index (χ2n) is 6.22. The van der Waals surface area contributed by atoms with Gasteiger partial charge in [-0.25, -0.2) is 0 Å². The number of aromatic nitrogens is 1. The van der Waals surface area contributed by atoms with Crippen LogP contribution >= 0.6 is 0 Å². The highest BCUT2D eigenvalue weighted by molar-refractivity contribution is 6.05. The van der Waals surface area contributed by atoms with Crippen molar-refractivity contribution in [2.24, 2.45) is 0 Å². The summed E-state index contributed by atoms with van der Waals surface area (Å²) in [5.41, 5.74) is 2.16. The number of hydrogen-bond donors (Lipinski definition) is 2. The summed E-state index contributed by atoms with van der Waals surface area (Å²) in [6.07, 6.45) is 1.45. The second kappa shape index (κ2) is 8.81. The van der Waals surface area contributed by atoms with Gasteiger partial charge in [-0.05, 0) is 48.9 Å². The number of carbonyl (C=O) groups is 2. The molecule has 2 amide bonds. The van der Waals surface area contributed by atoms with Crippen LogP contribution in [0, 0.1) is 0 Å². The Morgan fingerprint density at radius 2 is 1.68 bits per heavy atom. The van der Waals surface area contributed by atoms with E-state index < -0.39 is 0 Å². The third kappa shape index (κ3) is 4.73. The van der Waals surface area contributed by atoms with E-state index >= 15 is 0 Å². The predicted molar refractivity (Wildman–Crippen MR) is 108 cm³/mol. The van der Waals surface area contributed by atoms with E-state index in [0.29, 0.717) is 17.0 Å². The highest BCUT2D eigenvalue weighted by atomic mass is 16.5. The van der Waals surface area contributed by atoms with Gasteiger partial charge in [0.05, 0.1) is 13.2 Å². The van der Waals surface area contributed by atoms with Gasteiger partial charge in [0, 0.05) is 17.4 Å². The molecule has 142 valence electrons. The number of nitrogens with one attached hydrogen (secondary N) is 2. The highest BCUT2D eigenvalue weighted by Crippen LogP contribution is 2.16. The lowest BCUT2D eigenvalue weighted by Crippen LogP contribution is -2.27. The molecule has 1 heterocycles. The molecule has 0 fully saturated rings. The summed E-state index contributed by atoms with van der Waals surface area (Å²) in [5, 5.41) is 5.68. The molecule has 1 atom stereocenters. The summed E-state index contributed by atoms with van der Waals surface area (Å²) in [6, 6.07) is 19.5. The van der Waals surface area contributed by atoms with Gasteiger partial charge >= 0.3 is 0 Å². The van der Waals surface area contributed by atoms with Crippen molar-refractivity contribution < 1.29 is 14.3 Å². The molecule has 0 aliphatic rings. The SMILES string of the molecule is COc1ccc(NC(=O)c2ccnc(C(=O)NC(C)c3ccccc3)c2)cc1. The molecule has 0 saturated heterocycles. The van der Waals surface area contributed by atoms with Crippen LogP contribution in [0.5, 0.6) is 5.75 Å². The normalized spacial score (nSPS) is 11.4. The molecule has 6 nitrogen and oxygen atoms in total. The molecule has 0 radical (unpaired) electrons. The maximum absolute atomic E-state index is 12.5. The minimum atomic E-state index is -0.338. The van der Waals surface area contributed by atoms with Crippen LogP contribution in [0.1, 0.15) is 39.4 Å². The number of hydrogen-bond acceptors (Lipinski definition) is 4. The first-order valence-electron chi connectivity index (χ1n) is 8.84. The molecule has 0 bridgehead atoms. The second-order valence-corrected chi connectivity index (χ2v) is 6.22. The fraction of sp³-hybridized carbons (Fsp3) is 0.136. The Labute approximate surface area is 163 Å². The Morgan fingerprint density at radius 1 is 0.964 bits per heavy atom. The molecule has 3 rings (SSSR count). The number of anilines is 1. The van der Waals surface area contributed by atoms with E-state index in [2.05, 4.69) is 15.6 Å². The molecule has 0 aliphatic carbocycles. The molecule has 2 N–H and O–H groups in total. The van der Waals surface area contributed by atoms with Gasteiger partial charge < -0.3 is 15.4 Å².